The Morgan fingerprint density at radius 1 is 1.23 bits per heavy atom. The molecule has 8 nitrogen and oxygen atoms in total. The van der Waals surface area contributed by atoms with Crippen LogP contribution in [0, 0.1) is 10.1 Å². The van der Waals surface area contributed by atoms with Gasteiger partial charge < -0.3 is 19.4 Å². The van der Waals surface area contributed by atoms with Gasteiger partial charge >= 0.3 is 0 Å². The Bertz CT molecular complexity index is 1040. The van der Waals surface area contributed by atoms with Crippen LogP contribution in [-0.4, -0.2) is 40.2 Å². The number of methoxy groups -OCH3 is 1. The fourth-order valence-corrected chi connectivity index (χ4v) is 3.89. The van der Waals surface area contributed by atoms with Gasteiger partial charge in [0.2, 0.25) is 0 Å². The van der Waals surface area contributed by atoms with Crippen molar-refractivity contribution in [3.05, 3.63) is 82.4 Å². The number of thiocarbonyl (C=S) groups is 1. The topological polar surface area (TPSA) is 93.7 Å². The number of nitro groups is 1. The van der Waals surface area contributed by atoms with Crippen molar-refractivity contribution < 1.29 is 14.1 Å². The molecule has 1 fully saturated rings. The van der Waals surface area contributed by atoms with Crippen molar-refractivity contribution >= 4 is 23.0 Å². The molecule has 9 heteroatoms. The summed E-state index contributed by atoms with van der Waals surface area (Å²) >= 11 is 5.57. The molecule has 2 atom stereocenters. The van der Waals surface area contributed by atoms with Crippen LogP contribution in [0.3, 0.4) is 0 Å². The molecule has 1 aliphatic heterocycles. The number of benzene rings is 1. The van der Waals surface area contributed by atoms with Crippen molar-refractivity contribution in [1.29, 1.82) is 0 Å². The van der Waals surface area contributed by atoms with E-state index < -0.39 is 4.92 Å². The first-order valence-corrected chi connectivity index (χ1v) is 9.81. The maximum Gasteiger partial charge on any atom is 0.269 e. The molecule has 1 N–H and O–H groups in total. The normalized spacial score (nSPS) is 18.4. The molecule has 4 rings (SSSR count). The zero-order chi connectivity index (χ0) is 21.1. The van der Waals surface area contributed by atoms with Crippen molar-refractivity contribution in [3.63, 3.8) is 0 Å². The minimum absolute atomic E-state index is 0.0387. The highest BCUT2D eigenvalue weighted by Gasteiger charge is 2.41. The van der Waals surface area contributed by atoms with E-state index in [1.807, 2.05) is 35.2 Å². The largest absolute Gasteiger partial charge is 0.459 e. The average molecular weight is 424 g/mol. The highest BCUT2D eigenvalue weighted by Crippen LogP contribution is 2.40. The average Bonchev–Trinajstić information content (AvgIpc) is 3.37. The molecule has 3 aromatic rings. The number of nitro benzene ring substituents is 1. The maximum absolute atomic E-state index is 10.9. The standard InChI is InChI=1S/C21H20N4O4S/c1-28-13-12-24-20(19(23-21(24)30)16-4-2-3-11-22-16)18-10-9-17(29-18)14-5-7-15(8-6-14)25(26)27/h2-11,19-20H,12-13H2,1H3,(H,23,30). The highest BCUT2D eigenvalue weighted by atomic mass is 32.1. The fraction of sp³-hybridized carbons (Fsp3) is 0.238. The Hall–Kier alpha value is -3.30. The number of ether oxygens (including phenoxy) is 1. The van der Waals surface area contributed by atoms with Crippen molar-refractivity contribution in [3.8, 4) is 11.3 Å². The molecular formula is C21H20N4O4S. The molecule has 0 bridgehead atoms. The van der Waals surface area contributed by atoms with Gasteiger partial charge in [0.15, 0.2) is 5.11 Å². The summed E-state index contributed by atoms with van der Waals surface area (Å²) in [7, 11) is 1.65. The molecule has 2 aromatic heterocycles. The Morgan fingerprint density at radius 2 is 2.03 bits per heavy atom. The second kappa shape index (κ2) is 8.60. The Kier molecular flexibility index (Phi) is 5.73. The SMILES string of the molecule is COCCN1C(=S)NC(c2ccccn2)C1c1ccc(-c2ccc([N+](=O)[O-])cc2)o1. The lowest BCUT2D eigenvalue weighted by molar-refractivity contribution is -0.384. The third-order valence-corrected chi connectivity index (χ3v) is 5.37. The first-order chi connectivity index (χ1) is 14.6. The number of pyridine rings is 1. The Labute approximate surface area is 178 Å². The molecule has 0 spiro atoms. The summed E-state index contributed by atoms with van der Waals surface area (Å²) in [4.78, 5) is 17.0. The van der Waals surface area contributed by atoms with E-state index in [9.17, 15) is 10.1 Å². The lowest BCUT2D eigenvalue weighted by Gasteiger charge is -2.25. The van der Waals surface area contributed by atoms with Crippen LogP contribution >= 0.6 is 12.2 Å². The molecule has 1 aromatic carbocycles. The summed E-state index contributed by atoms with van der Waals surface area (Å²) in [6.45, 7) is 1.12. The van der Waals surface area contributed by atoms with E-state index in [1.54, 1.807) is 25.4 Å². The first kappa shape index (κ1) is 20.0. The molecule has 1 aliphatic rings. The van der Waals surface area contributed by atoms with E-state index in [4.69, 9.17) is 21.4 Å². The number of furan rings is 1. The summed E-state index contributed by atoms with van der Waals surface area (Å²) < 4.78 is 11.4. The molecule has 30 heavy (non-hydrogen) atoms. The van der Waals surface area contributed by atoms with Gasteiger partial charge in [0.25, 0.3) is 5.69 Å². The molecule has 0 amide bonds. The predicted octanol–water partition coefficient (Wildman–Crippen LogP) is 3.87. The third kappa shape index (κ3) is 3.89. The van der Waals surface area contributed by atoms with Gasteiger partial charge in [-0.2, -0.15) is 0 Å². The van der Waals surface area contributed by atoms with Crippen LogP contribution < -0.4 is 5.32 Å². The van der Waals surface area contributed by atoms with Crippen LogP contribution in [0.2, 0.25) is 0 Å². The van der Waals surface area contributed by atoms with Crippen LogP contribution in [-0.2, 0) is 4.74 Å². The number of hydrogen-bond acceptors (Lipinski definition) is 6. The van der Waals surface area contributed by atoms with Gasteiger partial charge in [0, 0.05) is 37.5 Å². The molecule has 2 unspecified atom stereocenters. The molecule has 154 valence electrons. The number of nitrogens with one attached hydrogen (secondary N) is 1. The number of non-ortho nitro benzene ring substituents is 1. The smallest absolute Gasteiger partial charge is 0.269 e. The summed E-state index contributed by atoms with van der Waals surface area (Å²) in [5.41, 5.74) is 1.66. The first-order valence-electron chi connectivity index (χ1n) is 9.40. The van der Waals surface area contributed by atoms with Crippen LogP contribution in [0.15, 0.2) is 65.2 Å². The Balaban J connectivity index is 1.67. The number of hydrogen-bond donors (Lipinski definition) is 1. The predicted molar refractivity (Wildman–Crippen MR) is 115 cm³/mol. The van der Waals surface area contributed by atoms with Crippen LogP contribution in [0.25, 0.3) is 11.3 Å². The van der Waals surface area contributed by atoms with Gasteiger partial charge in [-0.1, -0.05) is 6.07 Å². The van der Waals surface area contributed by atoms with Gasteiger partial charge in [0.05, 0.1) is 23.3 Å². The second-order valence-electron chi connectivity index (χ2n) is 6.82. The number of nitrogens with zero attached hydrogens (tertiary/aromatic N) is 3. The van der Waals surface area contributed by atoms with Crippen LogP contribution in [0.4, 0.5) is 5.69 Å². The van der Waals surface area contributed by atoms with E-state index in [-0.39, 0.29) is 17.8 Å². The zero-order valence-corrected chi connectivity index (χ0v) is 17.0. The van der Waals surface area contributed by atoms with Crippen molar-refractivity contribution in [2.24, 2.45) is 0 Å². The van der Waals surface area contributed by atoms with Gasteiger partial charge in [-0.15, -0.1) is 0 Å². The molecular weight excluding hydrogens is 404 g/mol. The molecule has 0 aliphatic carbocycles. The lowest BCUT2D eigenvalue weighted by atomic mass is 10.0. The summed E-state index contributed by atoms with van der Waals surface area (Å²) in [5, 5.41) is 14.9. The van der Waals surface area contributed by atoms with Crippen LogP contribution in [0.1, 0.15) is 23.5 Å². The maximum atomic E-state index is 10.9. The summed E-state index contributed by atoms with van der Waals surface area (Å²) in [6, 6.07) is 15.4. The molecule has 0 radical (unpaired) electrons. The van der Waals surface area contributed by atoms with Gasteiger partial charge in [-0.3, -0.25) is 15.1 Å². The van der Waals surface area contributed by atoms with Crippen molar-refractivity contribution in [2.45, 2.75) is 12.1 Å². The molecule has 3 heterocycles. The van der Waals surface area contributed by atoms with Crippen molar-refractivity contribution in [1.82, 2.24) is 15.2 Å². The van der Waals surface area contributed by atoms with Gasteiger partial charge in [0.1, 0.15) is 17.6 Å². The number of aromatic nitrogens is 1. The molecule has 0 saturated carbocycles. The quantitative estimate of drug-likeness (QED) is 0.347. The summed E-state index contributed by atoms with van der Waals surface area (Å²) in [5.74, 6) is 1.35. The van der Waals surface area contributed by atoms with Crippen LogP contribution in [0.5, 0.6) is 0 Å². The third-order valence-electron chi connectivity index (χ3n) is 5.02. The Morgan fingerprint density at radius 3 is 2.70 bits per heavy atom. The van der Waals surface area contributed by atoms with Gasteiger partial charge in [-0.05, 0) is 48.6 Å². The van der Waals surface area contributed by atoms with E-state index in [1.165, 1.54) is 12.1 Å². The highest BCUT2D eigenvalue weighted by molar-refractivity contribution is 7.80. The van der Waals surface area contributed by atoms with E-state index in [0.717, 1.165) is 17.0 Å². The summed E-state index contributed by atoms with van der Waals surface area (Å²) in [6.07, 6.45) is 1.75. The second-order valence-corrected chi connectivity index (χ2v) is 7.21. The molecule has 1 saturated heterocycles. The number of rotatable bonds is 7. The monoisotopic (exact) mass is 424 g/mol. The lowest BCUT2D eigenvalue weighted by Crippen LogP contribution is -2.32. The van der Waals surface area contributed by atoms with E-state index >= 15 is 0 Å². The van der Waals surface area contributed by atoms with Gasteiger partial charge in [-0.25, -0.2) is 0 Å². The van der Waals surface area contributed by atoms with E-state index in [2.05, 4.69) is 10.3 Å². The minimum Gasteiger partial charge on any atom is -0.459 e. The van der Waals surface area contributed by atoms with Crippen molar-refractivity contribution in [2.75, 3.05) is 20.3 Å². The van der Waals surface area contributed by atoms with E-state index in [0.29, 0.717) is 24.0 Å². The fourth-order valence-electron chi connectivity index (χ4n) is 3.56. The minimum atomic E-state index is -0.423. The zero-order valence-electron chi connectivity index (χ0n) is 16.2.